The predicted octanol–water partition coefficient (Wildman–Crippen LogP) is 1.78. The molecular formula is C12H13N3OS. The van der Waals surface area contributed by atoms with Gasteiger partial charge in [0.25, 0.3) is 5.91 Å². The van der Waals surface area contributed by atoms with Gasteiger partial charge in [-0.2, -0.15) is 0 Å². The maximum absolute atomic E-state index is 11.1. The van der Waals surface area contributed by atoms with E-state index in [4.69, 9.17) is 5.73 Å². The molecule has 2 heterocycles. The molecule has 1 aromatic heterocycles. The van der Waals surface area contributed by atoms with E-state index in [0.717, 1.165) is 23.2 Å². The van der Waals surface area contributed by atoms with Gasteiger partial charge in [-0.1, -0.05) is 0 Å². The Balaban J connectivity index is 2.21. The lowest BCUT2D eigenvalue weighted by atomic mass is 10.0. The van der Waals surface area contributed by atoms with Crippen molar-refractivity contribution in [1.82, 2.24) is 4.98 Å². The van der Waals surface area contributed by atoms with Crippen molar-refractivity contribution in [3.05, 3.63) is 22.7 Å². The molecule has 0 bridgehead atoms. The van der Waals surface area contributed by atoms with Crippen molar-refractivity contribution in [1.29, 1.82) is 0 Å². The van der Waals surface area contributed by atoms with E-state index >= 15 is 0 Å². The molecule has 5 heteroatoms. The minimum atomic E-state index is -0.447. The number of carbonyl (C=O) groups is 1. The van der Waals surface area contributed by atoms with E-state index in [1.54, 1.807) is 0 Å². The van der Waals surface area contributed by atoms with Crippen LogP contribution < -0.4 is 10.6 Å². The highest BCUT2D eigenvalue weighted by Gasteiger charge is 2.17. The van der Waals surface area contributed by atoms with Crippen LogP contribution in [-0.2, 0) is 6.42 Å². The SMILES string of the molecule is CN1CCCc2cc3nc(C(N)=O)sc3cc21. The molecule has 0 spiro atoms. The van der Waals surface area contributed by atoms with Crippen molar-refractivity contribution in [3.8, 4) is 0 Å². The van der Waals surface area contributed by atoms with Gasteiger partial charge in [0.15, 0.2) is 5.01 Å². The molecule has 0 fully saturated rings. The van der Waals surface area contributed by atoms with Crippen LogP contribution in [-0.4, -0.2) is 24.5 Å². The summed E-state index contributed by atoms with van der Waals surface area (Å²) in [6.07, 6.45) is 2.25. The molecule has 0 saturated carbocycles. The molecule has 3 rings (SSSR count). The molecule has 0 saturated heterocycles. The number of amides is 1. The van der Waals surface area contributed by atoms with Crippen LogP contribution in [0.3, 0.4) is 0 Å². The van der Waals surface area contributed by atoms with E-state index < -0.39 is 5.91 Å². The maximum atomic E-state index is 11.1. The number of hydrogen-bond acceptors (Lipinski definition) is 4. The molecule has 0 aliphatic carbocycles. The molecular weight excluding hydrogens is 234 g/mol. The number of fused-ring (bicyclic) bond motifs is 2. The second kappa shape index (κ2) is 3.70. The Hall–Kier alpha value is -1.62. The molecule has 2 N–H and O–H groups in total. The minimum Gasteiger partial charge on any atom is -0.374 e. The van der Waals surface area contributed by atoms with Crippen molar-refractivity contribution in [2.24, 2.45) is 5.73 Å². The first-order valence-corrected chi connectivity index (χ1v) is 6.41. The number of anilines is 1. The van der Waals surface area contributed by atoms with Crippen molar-refractivity contribution < 1.29 is 4.79 Å². The highest BCUT2D eigenvalue weighted by molar-refractivity contribution is 7.20. The summed E-state index contributed by atoms with van der Waals surface area (Å²) in [4.78, 5) is 17.6. The van der Waals surface area contributed by atoms with E-state index in [1.165, 1.54) is 29.0 Å². The van der Waals surface area contributed by atoms with Crippen molar-refractivity contribution >= 4 is 33.1 Å². The summed E-state index contributed by atoms with van der Waals surface area (Å²) in [5.41, 5.74) is 8.71. The Morgan fingerprint density at radius 1 is 1.53 bits per heavy atom. The minimum absolute atomic E-state index is 0.394. The second-order valence-corrected chi connectivity index (χ2v) is 5.39. The van der Waals surface area contributed by atoms with Gasteiger partial charge >= 0.3 is 0 Å². The molecule has 2 aromatic rings. The first kappa shape index (κ1) is 10.5. The van der Waals surface area contributed by atoms with Crippen LogP contribution >= 0.6 is 11.3 Å². The zero-order chi connectivity index (χ0) is 12.0. The van der Waals surface area contributed by atoms with Gasteiger partial charge in [-0.15, -0.1) is 11.3 Å². The normalized spacial score (nSPS) is 15.0. The van der Waals surface area contributed by atoms with E-state index in [2.05, 4.69) is 29.1 Å². The molecule has 0 atom stereocenters. The smallest absolute Gasteiger partial charge is 0.277 e. The van der Waals surface area contributed by atoms with E-state index in [9.17, 15) is 4.79 Å². The molecule has 1 aliphatic heterocycles. The molecule has 4 nitrogen and oxygen atoms in total. The van der Waals surface area contributed by atoms with E-state index in [1.807, 2.05) is 0 Å². The van der Waals surface area contributed by atoms with Gasteiger partial charge in [0.05, 0.1) is 10.2 Å². The second-order valence-electron chi connectivity index (χ2n) is 4.36. The summed E-state index contributed by atoms with van der Waals surface area (Å²) in [6.45, 7) is 1.08. The Labute approximate surface area is 103 Å². The molecule has 1 aliphatic rings. The summed E-state index contributed by atoms with van der Waals surface area (Å²) < 4.78 is 1.03. The first-order chi connectivity index (χ1) is 8.15. The Bertz CT molecular complexity index is 605. The summed E-state index contributed by atoms with van der Waals surface area (Å²) in [5.74, 6) is -0.447. The monoisotopic (exact) mass is 247 g/mol. The van der Waals surface area contributed by atoms with E-state index in [0.29, 0.717) is 5.01 Å². The lowest BCUT2D eigenvalue weighted by molar-refractivity contribution is 0.1000. The maximum Gasteiger partial charge on any atom is 0.277 e. The van der Waals surface area contributed by atoms with Crippen LogP contribution in [0.1, 0.15) is 21.8 Å². The van der Waals surface area contributed by atoms with Crippen LogP contribution in [0.5, 0.6) is 0 Å². The summed E-state index contributed by atoms with van der Waals surface area (Å²) >= 11 is 1.37. The Morgan fingerprint density at radius 3 is 3.12 bits per heavy atom. The van der Waals surface area contributed by atoms with Crippen molar-refractivity contribution in [2.75, 3.05) is 18.5 Å². The van der Waals surface area contributed by atoms with Gasteiger partial charge in [-0.25, -0.2) is 4.98 Å². The first-order valence-electron chi connectivity index (χ1n) is 5.59. The number of rotatable bonds is 1. The van der Waals surface area contributed by atoms with Crippen LogP contribution in [0.15, 0.2) is 12.1 Å². The lowest BCUT2D eigenvalue weighted by Crippen LogP contribution is -2.24. The molecule has 88 valence electrons. The van der Waals surface area contributed by atoms with Crippen LogP contribution in [0.2, 0.25) is 0 Å². The number of aromatic nitrogens is 1. The fourth-order valence-electron chi connectivity index (χ4n) is 2.29. The fourth-order valence-corrected chi connectivity index (χ4v) is 3.13. The molecule has 17 heavy (non-hydrogen) atoms. The van der Waals surface area contributed by atoms with Gasteiger partial charge < -0.3 is 10.6 Å². The van der Waals surface area contributed by atoms with Crippen molar-refractivity contribution in [2.45, 2.75) is 12.8 Å². The molecule has 1 aromatic carbocycles. The summed E-state index contributed by atoms with van der Waals surface area (Å²) in [7, 11) is 2.10. The number of nitrogens with two attached hydrogens (primary N) is 1. The third-order valence-corrected chi connectivity index (χ3v) is 4.18. The van der Waals surface area contributed by atoms with Crippen LogP contribution in [0.25, 0.3) is 10.2 Å². The number of aryl methyl sites for hydroxylation is 1. The van der Waals surface area contributed by atoms with Crippen LogP contribution in [0.4, 0.5) is 5.69 Å². The van der Waals surface area contributed by atoms with Crippen LogP contribution in [0, 0.1) is 0 Å². The predicted molar refractivity (Wildman–Crippen MR) is 69.7 cm³/mol. The largest absolute Gasteiger partial charge is 0.374 e. The average molecular weight is 247 g/mol. The number of carbonyl (C=O) groups excluding carboxylic acids is 1. The highest BCUT2D eigenvalue weighted by Crippen LogP contribution is 2.33. The standard InChI is InChI=1S/C12H13N3OS/c1-15-4-2-3-7-5-8-10(6-9(7)15)17-12(14-8)11(13)16/h5-6H,2-4H2,1H3,(H2,13,16). The van der Waals surface area contributed by atoms with Gasteiger partial charge in [0.1, 0.15) is 0 Å². The number of primary amides is 1. The summed E-state index contributed by atoms with van der Waals surface area (Å²) in [6, 6.07) is 4.21. The molecule has 1 amide bonds. The fraction of sp³-hybridized carbons (Fsp3) is 0.333. The summed E-state index contributed by atoms with van der Waals surface area (Å²) in [5, 5.41) is 0.394. The number of thiazole rings is 1. The van der Waals surface area contributed by atoms with Gasteiger partial charge in [0, 0.05) is 19.3 Å². The third kappa shape index (κ3) is 1.67. The quantitative estimate of drug-likeness (QED) is 0.835. The van der Waals surface area contributed by atoms with Gasteiger partial charge in [-0.05, 0) is 30.5 Å². The Kier molecular flexibility index (Phi) is 2.29. The van der Waals surface area contributed by atoms with Gasteiger partial charge in [0.2, 0.25) is 0 Å². The van der Waals surface area contributed by atoms with Gasteiger partial charge in [-0.3, -0.25) is 4.79 Å². The lowest BCUT2D eigenvalue weighted by Gasteiger charge is -2.27. The number of benzene rings is 1. The third-order valence-electron chi connectivity index (χ3n) is 3.15. The molecule has 0 unspecified atom stereocenters. The highest BCUT2D eigenvalue weighted by atomic mass is 32.1. The number of nitrogens with zero attached hydrogens (tertiary/aromatic N) is 2. The van der Waals surface area contributed by atoms with E-state index in [-0.39, 0.29) is 0 Å². The zero-order valence-corrected chi connectivity index (χ0v) is 10.4. The zero-order valence-electron chi connectivity index (χ0n) is 9.56. The molecule has 0 radical (unpaired) electrons. The van der Waals surface area contributed by atoms with Crippen molar-refractivity contribution in [3.63, 3.8) is 0 Å². The Morgan fingerprint density at radius 2 is 2.35 bits per heavy atom. The average Bonchev–Trinajstić information content (AvgIpc) is 2.70. The number of hydrogen-bond donors (Lipinski definition) is 1. The topological polar surface area (TPSA) is 59.2 Å².